The molecule has 2 amide bonds. The number of carbonyl (C=O) groups excluding carboxylic acids is 2. The van der Waals surface area contributed by atoms with Crippen LogP contribution in [0.5, 0.6) is 5.75 Å². The van der Waals surface area contributed by atoms with Gasteiger partial charge in [-0.15, -0.1) is 0 Å². The van der Waals surface area contributed by atoms with E-state index < -0.39 is 34.1 Å². The van der Waals surface area contributed by atoms with Crippen molar-refractivity contribution in [3.63, 3.8) is 0 Å². The molecule has 4 aromatic rings. The van der Waals surface area contributed by atoms with E-state index in [9.17, 15) is 18.0 Å². The molecule has 0 saturated carbocycles. The van der Waals surface area contributed by atoms with Gasteiger partial charge in [-0.3, -0.25) is 13.9 Å². The SMILES string of the molecule is COc1ccc(S(=O)(=O)N(CC(=O)N(Cc2ccccc2)[C@H](Cc2ccccc2)C(=O)NC(C)(C)C)c2ccc(C)cc2)cc1. The van der Waals surface area contributed by atoms with Crippen molar-refractivity contribution in [2.75, 3.05) is 18.0 Å². The molecule has 8 nitrogen and oxygen atoms in total. The second-order valence-electron chi connectivity index (χ2n) is 12.0. The molecule has 236 valence electrons. The molecule has 0 aliphatic heterocycles. The quantitative estimate of drug-likeness (QED) is 0.216. The van der Waals surface area contributed by atoms with Crippen LogP contribution in [0.15, 0.2) is 114 Å². The molecule has 4 rings (SSSR count). The summed E-state index contributed by atoms with van der Waals surface area (Å²) in [7, 11) is -2.69. The number of rotatable bonds is 12. The van der Waals surface area contributed by atoms with Crippen molar-refractivity contribution in [2.24, 2.45) is 0 Å². The predicted molar refractivity (Wildman–Crippen MR) is 178 cm³/mol. The van der Waals surface area contributed by atoms with E-state index in [1.54, 1.807) is 36.4 Å². The second kappa shape index (κ2) is 14.4. The number of nitrogens with zero attached hydrogens (tertiary/aromatic N) is 2. The molecule has 1 atom stereocenters. The van der Waals surface area contributed by atoms with Gasteiger partial charge in [0.05, 0.1) is 17.7 Å². The van der Waals surface area contributed by atoms with Crippen LogP contribution in [-0.4, -0.2) is 50.4 Å². The maximum atomic E-state index is 14.5. The number of nitrogens with one attached hydrogen (secondary N) is 1. The largest absolute Gasteiger partial charge is 0.497 e. The Morgan fingerprint density at radius 2 is 1.36 bits per heavy atom. The lowest BCUT2D eigenvalue weighted by Gasteiger charge is -2.35. The fourth-order valence-electron chi connectivity index (χ4n) is 4.90. The third-order valence-electron chi connectivity index (χ3n) is 7.21. The predicted octanol–water partition coefficient (Wildman–Crippen LogP) is 5.75. The lowest BCUT2D eigenvalue weighted by molar-refractivity contribution is -0.140. The first-order valence-electron chi connectivity index (χ1n) is 14.8. The number of hydrogen-bond acceptors (Lipinski definition) is 5. The molecule has 0 aliphatic carbocycles. The highest BCUT2D eigenvalue weighted by molar-refractivity contribution is 7.92. The Labute approximate surface area is 266 Å². The van der Waals surface area contributed by atoms with E-state index in [1.165, 1.54) is 24.1 Å². The number of ether oxygens (including phenoxy) is 1. The summed E-state index contributed by atoms with van der Waals surface area (Å²) in [5.74, 6) is -0.327. The summed E-state index contributed by atoms with van der Waals surface area (Å²) in [5, 5.41) is 3.04. The minimum absolute atomic E-state index is 0.0117. The normalized spacial score (nSPS) is 12.2. The maximum absolute atomic E-state index is 14.5. The summed E-state index contributed by atoms with van der Waals surface area (Å²) >= 11 is 0. The first-order chi connectivity index (χ1) is 21.4. The number of anilines is 1. The van der Waals surface area contributed by atoms with Gasteiger partial charge in [0, 0.05) is 18.5 Å². The van der Waals surface area contributed by atoms with Gasteiger partial charge in [0.15, 0.2) is 0 Å². The van der Waals surface area contributed by atoms with Crippen LogP contribution in [0.25, 0.3) is 0 Å². The van der Waals surface area contributed by atoms with Crippen molar-refractivity contribution in [3.8, 4) is 5.75 Å². The van der Waals surface area contributed by atoms with Crippen molar-refractivity contribution < 1.29 is 22.7 Å². The van der Waals surface area contributed by atoms with Crippen LogP contribution in [0.1, 0.15) is 37.5 Å². The molecule has 0 bridgehead atoms. The number of sulfonamides is 1. The maximum Gasteiger partial charge on any atom is 0.264 e. The number of benzene rings is 4. The minimum Gasteiger partial charge on any atom is -0.497 e. The second-order valence-corrected chi connectivity index (χ2v) is 13.8. The molecule has 0 saturated heterocycles. The van der Waals surface area contributed by atoms with Crippen LogP contribution in [0.4, 0.5) is 5.69 Å². The smallest absolute Gasteiger partial charge is 0.264 e. The summed E-state index contributed by atoms with van der Waals surface area (Å²) < 4.78 is 34.6. The highest BCUT2D eigenvalue weighted by Crippen LogP contribution is 2.27. The molecule has 0 unspecified atom stereocenters. The zero-order valence-electron chi connectivity index (χ0n) is 26.4. The van der Waals surface area contributed by atoms with Gasteiger partial charge < -0.3 is 15.0 Å². The van der Waals surface area contributed by atoms with Crippen LogP contribution in [0.2, 0.25) is 0 Å². The van der Waals surface area contributed by atoms with Gasteiger partial charge in [0.25, 0.3) is 10.0 Å². The van der Waals surface area contributed by atoms with Crippen molar-refractivity contribution in [1.29, 1.82) is 0 Å². The van der Waals surface area contributed by atoms with E-state index in [2.05, 4.69) is 5.32 Å². The lowest BCUT2D eigenvalue weighted by atomic mass is 10.0. The van der Waals surface area contributed by atoms with Gasteiger partial charge in [0.2, 0.25) is 11.8 Å². The molecule has 0 heterocycles. The fraction of sp³-hybridized carbons (Fsp3) is 0.278. The van der Waals surface area contributed by atoms with Crippen molar-refractivity contribution in [1.82, 2.24) is 10.2 Å². The number of methoxy groups -OCH3 is 1. The van der Waals surface area contributed by atoms with Crippen LogP contribution >= 0.6 is 0 Å². The van der Waals surface area contributed by atoms with E-state index in [0.29, 0.717) is 11.4 Å². The first-order valence-corrected chi connectivity index (χ1v) is 16.2. The van der Waals surface area contributed by atoms with Crippen LogP contribution in [0, 0.1) is 6.92 Å². The van der Waals surface area contributed by atoms with E-state index >= 15 is 0 Å². The van der Waals surface area contributed by atoms with E-state index in [1.807, 2.05) is 88.4 Å². The standard InChI is InChI=1S/C36H41N3O5S/c1-27-16-18-30(19-17-27)39(45(42,43)32-22-20-31(44-5)21-23-32)26-34(40)38(25-29-14-10-7-11-15-29)33(35(41)37-36(2,3)4)24-28-12-8-6-9-13-28/h6-23,33H,24-26H2,1-5H3,(H,37,41)/t33-/m1/s1. The van der Waals surface area contributed by atoms with Gasteiger partial charge >= 0.3 is 0 Å². The van der Waals surface area contributed by atoms with Gasteiger partial charge in [0.1, 0.15) is 18.3 Å². The van der Waals surface area contributed by atoms with Crippen LogP contribution < -0.4 is 14.4 Å². The Balaban J connectivity index is 1.80. The van der Waals surface area contributed by atoms with Crippen LogP contribution in [0.3, 0.4) is 0 Å². The summed E-state index contributed by atoms with van der Waals surface area (Å²) in [4.78, 5) is 29.9. The molecule has 4 aromatic carbocycles. The Kier molecular flexibility index (Phi) is 10.7. The minimum atomic E-state index is -4.20. The highest BCUT2D eigenvalue weighted by Gasteiger charge is 2.35. The van der Waals surface area contributed by atoms with Crippen LogP contribution in [-0.2, 0) is 32.6 Å². The Morgan fingerprint density at radius 1 is 0.800 bits per heavy atom. The zero-order chi connectivity index (χ0) is 32.6. The van der Waals surface area contributed by atoms with E-state index in [4.69, 9.17) is 4.74 Å². The molecule has 45 heavy (non-hydrogen) atoms. The van der Waals surface area contributed by atoms with Gasteiger partial charge in [-0.2, -0.15) is 0 Å². The Hall–Kier alpha value is -4.63. The van der Waals surface area contributed by atoms with Crippen molar-refractivity contribution in [3.05, 3.63) is 126 Å². The number of hydrogen-bond donors (Lipinski definition) is 1. The molecule has 0 aliphatic rings. The van der Waals surface area contributed by atoms with Gasteiger partial charge in [-0.25, -0.2) is 8.42 Å². The third kappa shape index (κ3) is 8.95. The number of aryl methyl sites for hydroxylation is 1. The fourth-order valence-corrected chi connectivity index (χ4v) is 6.32. The molecule has 0 spiro atoms. The first kappa shape index (κ1) is 33.3. The third-order valence-corrected chi connectivity index (χ3v) is 9.00. The summed E-state index contributed by atoms with van der Waals surface area (Å²) in [6.07, 6.45) is 0.247. The van der Waals surface area contributed by atoms with Crippen molar-refractivity contribution in [2.45, 2.75) is 57.1 Å². The molecule has 0 fully saturated rings. The van der Waals surface area contributed by atoms with E-state index in [0.717, 1.165) is 21.0 Å². The lowest BCUT2D eigenvalue weighted by Crippen LogP contribution is -2.56. The Morgan fingerprint density at radius 3 is 1.89 bits per heavy atom. The average molecular weight is 628 g/mol. The topological polar surface area (TPSA) is 96.0 Å². The van der Waals surface area contributed by atoms with Crippen molar-refractivity contribution >= 4 is 27.5 Å². The molecule has 0 radical (unpaired) electrons. The van der Waals surface area contributed by atoms with E-state index in [-0.39, 0.29) is 23.8 Å². The summed E-state index contributed by atoms with van der Waals surface area (Å²) in [6.45, 7) is 7.15. The summed E-state index contributed by atoms with van der Waals surface area (Å²) in [6, 6.07) is 31.0. The number of carbonyl (C=O) groups is 2. The molecular formula is C36H41N3O5S. The Bertz CT molecular complexity index is 1670. The number of amides is 2. The molecular weight excluding hydrogens is 586 g/mol. The zero-order valence-corrected chi connectivity index (χ0v) is 27.3. The average Bonchev–Trinajstić information content (AvgIpc) is 3.02. The highest BCUT2D eigenvalue weighted by atomic mass is 32.2. The molecule has 0 aromatic heterocycles. The van der Waals surface area contributed by atoms with Gasteiger partial charge in [-0.1, -0.05) is 78.4 Å². The van der Waals surface area contributed by atoms with Gasteiger partial charge in [-0.05, 0) is 75.2 Å². The molecule has 9 heteroatoms. The summed E-state index contributed by atoms with van der Waals surface area (Å²) in [5.41, 5.74) is 2.41. The monoisotopic (exact) mass is 627 g/mol. The molecule has 1 N–H and O–H groups in total.